The molecule has 0 saturated heterocycles. The van der Waals surface area contributed by atoms with Crippen LogP contribution in [0.1, 0.15) is 28.8 Å². The predicted octanol–water partition coefficient (Wildman–Crippen LogP) is 7.79. The molecular weight excluding hydrogens is 597 g/mol. The molecule has 1 aliphatic heterocycles. The van der Waals surface area contributed by atoms with Crippen molar-refractivity contribution in [3.63, 3.8) is 0 Å². The lowest BCUT2D eigenvalue weighted by Crippen LogP contribution is -2.74. The van der Waals surface area contributed by atoms with Crippen LogP contribution in [-0.4, -0.2) is 13.9 Å². The van der Waals surface area contributed by atoms with Crippen LogP contribution in [0.15, 0.2) is 199 Å². The number of hydrogen-bond acceptors (Lipinski definition) is 2. The van der Waals surface area contributed by atoms with Gasteiger partial charge in [0.2, 0.25) is 0 Å². The number of aliphatic imine (C=N–C) groups is 1. The monoisotopic (exact) mass is 630 g/mol. The number of anilines is 1. The Morgan fingerprint density at radius 1 is 0.396 bits per heavy atom. The van der Waals surface area contributed by atoms with Gasteiger partial charge in [0.25, 0.3) is 0 Å². The van der Waals surface area contributed by atoms with Crippen molar-refractivity contribution >= 4 is 40.3 Å². The summed E-state index contributed by atoms with van der Waals surface area (Å²) >= 11 is 0. The molecule has 0 bridgehead atoms. The fourth-order valence-corrected chi connectivity index (χ4v) is 12.8. The standard InChI is InChI=1S/C45H34N2Si/c1-5-17-34(18-6-1)47-44-42-28-16-14-26-40(42)39-25-13-15-27-41(39)43(44)46-45(47)33-29-31-38(32-30-33)48(35-19-7-2-8-20-35,36-21-9-3-10-22-36)37-23-11-4-12-24-37/h1-32,43-44H. The number of para-hydroxylation sites is 1. The molecule has 2 atom stereocenters. The highest BCUT2D eigenvalue weighted by Crippen LogP contribution is 2.53. The van der Waals surface area contributed by atoms with E-state index in [9.17, 15) is 0 Å². The molecule has 7 aromatic carbocycles. The molecular formula is C45H34N2Si. The molecule has 48 heavy (non-hydrogen) atoms. The van der Waals surface area contributed by atoms with E-state index in [0.717, 1.165) is 17.1 Å². The third-order valence-corrected chi connectivity index (χ3v) is 14.9. The summed E-state index contributed by atoms with van der Waals surface area (Å²) in [5, 5.41) is 5.48. The molecule has 0 N–H and O–H groups in total. The van der Waals surface area contributed by atoms with Crippen molar-refractivity contribution in [2.75, 3.05) is 4.90 Å². The number of benzene rings is 7. The van der Waals surface area contributed by atoms with Gasteiger partial charge in [-0.15, -0.1) is 0 Å². The highest BCUT2D eigenvalue weighted by atomic mass is 28.3. The van der Waals surface area contributed by atoms with Crippen LogP contribution < -0.4 is 25.6 Å². The molecule has 0 fully saturated rings. The van der Waals surface area contributed by atoms with E-state index in [2.05, 4.69) is 199 Å². The van der Waals surface area contributed by atoms with Crippen molar-refractivity contribution in [3.05, 3.63) is 211 Å². The summed E-state index contributed by atoms with van der Waals surface area (Å²) in [6, 6.07) is 71.3. The first-order valence-electron chi connectivity index (χ1n) is 16.7. The van der Waals surface area contributed by atoms with Gasteiger partial charge in [0.05, 0.1) is 6.04 Å². The lowest BCUT2D eigenvalue weighted by molar-refractivity contribution is 0.604. The summed E-state index contributed by atoms with van der Waals surface area (Å²) in [6.07, 6.45) is 0. The first-order valence-corrected chi connectivity index (χ1v) is 18.7. The van der Waals surface area contributed by atoms with E-state index >= 15 is 0 Å². The Hall–Kier alpha value is -5.77. The van der Waals surface area contributed by atoms with Crippen molar-refractivity contribution < 1.29 is 0 Å². The Kier molecular flexibility index (Phi) is 6.99. The van der Waals surface area contributed by atoms with Crippen molar-refractivity contribution in [3.8, 4) is 11.1 Å². The van der Waals surface area contributed by atoms with Crippen LogP contribution in [0.3, 0.4) is 0 Å². The van der Waals surface area contributed by atoms with E-state index in [4.69, 9.17) is 4.99 Å². The molecule has 2 aliphatic rings. The van der Waals surface area contributed by atoms with E-state index in [-0.39, 0.29) is 12.1 Å². The topological polar surface area (TPSA) is 15.6 Å². The zero-order valence-corrected chi connectivity index (χ0v) is 27.5. The SMILES string of the molecule is c1ccc(N2C(c3ccc([Si](c4ccccc4)(c4ccccc4)c4ccccc4)cc3)=NC3c4ccccc4-c4ccccc4C32)cc1. The maximum Gasteiger partial charge on any atom is 0.179 e. The molecule has 0 spiro atoms. The molecule has 1 heterocycles. The molecule has 2 unspecified atom stereocenters. The minimum Gasteiger partial charge on any atom is -0.316 e. The Labute approximate surface area is 283 Å². The minimum absolute atomic E-state index is 0.00240. The second-order valence-electron chi connectivity index (χ2n) is 12.6. The maximum atomic E-state index is 5.60. The van der Waals surface area contributed by atoms with E-state index in [1.54, 1.807) is 0 Å². The van der Waals surface area contributed by atoms with Crippen LogP contribution in [0.4, 0.5) is 5.69 Å². The van der Waals surface area contributed by atoms with Crippen molar-refractivity contribution in [2.45, 2.75) is 12.1 Å². The summed E-state index contributed by atoms with van der Waals surface area (Å²) in [7, 11) is -2.62. The predicted molar refractivity (Wildman–Crippen MR) is 203 cm³/mol. The smallest absolute Gasteiger partial charge is 0.179 e. The van der Waals surface area contributed by atoms with Gasteiger partial charge in [-0.1, -0.05) is 182 Å². The van der Waals surface area contributed by atoms with Gasteiger partial charge in [-0.2, -0.15) is 0 Å². The number of fused-ring (bicyclic) bond motifs is 6. The first-order chi connectivity index (χ1) is 23.8. The first kappa shape index (κ1) is 28.4. The fourth-order valence-electron chi connectivity index (χ4n) is 8.11. The van der Waals surface area contributed by atoms with Crippen molar-refractivity contribution in [1.82, 2.24) is 0 Å². The third kappa shape index (κ3) is 4.43. The van der Waals surface area contributed by atoms with Gasteiger partial charge in [0.15, 0.2) is 8.07 Å². The number of nitrogens with zero attached hydrogens (tertiary/aromatic N) is 2. The lowest BCUT2D eigenvalue weighted by atomic mass is 9.79. The van der Waals surface area contributed by atoms with Crippen molar-refractivity contribution in [2.24, 2.45) is 4.99 Å². The number of amidine groups is 1. The van der Waals surface area contributed by atoms with Crippen molar-refractivity contribution in [1.29, 1.82) is 0 Å². The molecule has 1 aliphatic carbocycles. The second-order valence-corrected chi connectivity index (χ2v) is 16.5. The Bertz CT molecular complexity index is 2130. The van der Waals surface area contributed by atoms with Crippen LogP contribution in [0.25, 0.3) is 11.1 Å². The highest BCUT2D eigenvalue weighted by molar-refractivity contribution is 7.19. The summed E-state index contributed by atoms with van der Waals surface area (Å²) in [5.74, 6) is 1.01. The quantitative estimate of drug-likeness (QED) is 0.135. The maximum absolute atomic E-state index is 5.60. The van der Waals surface area contributed by atoms with E-state index in [1.165, 1.54) is 43.0 Å². The van der Waals surface area contributed by atoms with Gasteiger partial charge in [-0.3, -0.25) is 4.99 Å². The van der Waals surface area contributed by atoms with E-state index in [1.807, 2.05) is 0 Å². The molecule has 0 aromatic heterocycles. The van der Waals surface area contributed by atoms with Gasteiger partial charge in [0, 0.05) is 11.3 Å². The number of hydrogen-bond donors (Lipinski definition) is 0. The molecule has 9 rings (SSSR count). The Morgan fingerprint density at radius 2 is 0.812 bits per heavy atom. The average Bonchev–Trinajstić information content (AvgIpc) is 3.59. The zero-order chi connectivity index (χ0) is 31.9. The van der Waals surface area contributed by atoms with Crippen LogP contribution in [-0.2, 0) is 0 Å². The van der Waals surface area contributed by atoms with E-state index < -0.39 is 8.07 Å². The number of rotatable bonds is 6. The molecule has 0 amide bonds. The van der Waals surface area contributed by atoms with Gasteiger partial charge in [-0.25, -0.2) is 0 Å². The Balaban J connectivity index is 1.24. The summed E-state index contributed by atoms with van der Waals surface area (Å²) < 4.78 is 0. The fraction of sp³-hybridized carbons (Fsp3) is 0.0444. The molecule has 2 nitrogen and oxygen atoms in total. The van der Waals surface area contributed by atoms with Crippen LogP contribution in [0.5, 0.6) is 0 Å². The highest BCUT2D eigenvalue weighted by Gasteiger charge is 2.45. The van der Waals surface area contributed by atoms with Gasteiger partial charge in [-0.05, 0) is 55.1 Å². The zero-order valence-electron chi connectivity index (χ0n) is 26.5. The minimum atomic E-state index is -2.62. The molecule has 0 saturated carbocycles. The summed E-state index contributed by atoms with van der Waals surface area (Å²) in [6.45, 7) is 0. The van der Waals surface area contributed by atoms with Gasteiger partial charge >= 0.3 is 0 Å². The van der Waals surface area contributed by atoms with E-state index in [0.29, 0.717) is 0 Å². The summed E-state index contributed by atoms with van der Waals surface area (Å²) in [5.41, 5.74) is 7.48. The summed E-state index contributed by atoms with van der Waals surface area (Å²) in [4.78, 5) is 8.08. The average molecular weight is 631 g/mol. The second kappa shape index (κ2) is 11.8. The molecule has 3 heteroatoms. The Morgan fingerprint density at radius 3 is 1.35 bits per heavy atom. The molecule has 0 radical (unpaired) electrons. The third-order valence-electron chi connectivity index (χ3n) is 10.1. The molecule has 228 valence electrons. The van der Waals surface area contributed by atoms with Gasteiger partial charge in [0.1, 0.15) is 11.9 Å². The van der Waals surface area contributed by atoms with Crippen LogP contribution >= 0.6 is 0 Å². The van der Waals surface area contributed by atoms with Gasteiger partial charge < -0.3 is 4.90 Å². The lowest BCUT2D eigenvalue weighted by Gasteiger charge is -2.36. The van der Waals surface area contributed by atoms with Crippen LogP contribution in [0.2, 0.25) is 0 Å². The largest absolute Gasteiger partial charge is 0.316 e. The van der Waals surface area contributed by atoms with Crippen LogP contribution in [0, 0.1) is 0 Å². The molecule has 7 aromatic rings. The normalized spacial score (nSPS) is 16.4.